The molecule has 112 valence electrons. The van der Waals surface area contributed by atoms with E-state index in [4.69, 9.17) is 0 Å². The van der Waals surface area contributed by atoms with Crippen LogP contribution < -0.4 is 0 Å². The highest BCUT2D eigenvalue weighted by Crippen LogP contribution is 2.42. The molecule has 3 rings (SSSR count). The number of fused-ring (bicyclic) bond motifs is 1. The molecule has 1 aliphatic carbocycles. The smallest absolute Gasteiger partial charge is 0.387 e. The zero-order chi connectivity index (χ0) is 15.2. The van der Waals surface area contributed by atoms with Crippen LogP contribution in [0.3, 0.4) is 0 Å². The third kappa shape index (κ3) is 2.86. The molecular weight excluding hydrogens is 367 g/mol. The summed E-state index contributed by atoms with van der Waals surface area (Å²) in [5.74, 6) is 0. The molecule has 2 nitrogen and oxygen atoms in total. The zero-order valence-corrected chi connectivity index (χ0v) is 13.1. The number of hydrogen-bond donors (Lipinski definition) is 1. The minimum absolute atomic E-state index is 0.0669. The number of aliphatic hydroxyl groups is 1. The average molecular weight is 378 g/mol. The number of hydrogen-bond acceptors (Lipinski definition) is 3. The minimum atomic E-state index is -4.44. The minimum Gasteiger partial charge on any atom is -0.387 e. The normalized spacial score (nSPS) is 18.6. The number of aliphatic hydroxyl groups excluding tert-OH is 1. The van der Waals surface area contributed by atoms with Crippen LogP contribution in [0.15, 0.2) is 22.7 Å². The van der Waals surface area contributed by atoms with Crippen LogP contribution in [-0.4, -0.2) is 10.1 Å². The molecule has 0 aliphatic heterocycles. The molecule has 0 fully saturated rings. The average Bonchev–Trinajstić information content (AvgIpc) is 2.83. The van der Waals surface area contributed by atoms with E-state index in [0.29, 0.717) is 21.6 Å². The molecule has 21 heavy (non-hydrogen) atoms. The second kappa shape index (κ2) is 5.37. The van der Waals surface area contributed by atoms with Gasteiger partial charge in [-0.15, -0.1) is 11.3 Å². The first-order valence-electron chi connectivity index (χ1n) is 6.41. The van der Waals surface area contributed by atoms with Crippen LogP contribution in [-0.2, 0) is 12.6 Å². The van der Waals surface area contributed by atoms with Gasteiger partial charge in [0.05, 0.1) is 17.4 Å². The second-order valence-electron chi connectivity index (χ2n) is 4.92. The van der Waals surface area contributed by atoms with E-state index in [9.17, 15) is 18.3 Å². The number of alkyl halides is 3. The Hall–Kier alpha value is -0.920. The fourth-order valence-electron chi connectivity index (χ4n) is 2.45. The van der Waals surface area contributed by atoms with E-state index in [1.165, 1.54) is 17.4 Å². The van der Waals surface area contributed by atoms with Crippen LogP contribution in [0.4, 0.5) is 13.2 Å². The van der Waals surface area contributed by atoms with Gasteiger partial charge < -0.3 is 5.11 Å². The van der Waals surface area contributed by atoms with Crippen LogP contribution in [0, 0.1) is 0 Å². The summed E-state index contributed by atoms with van der Waals surface area (Å²) in [6, 6.07) is 4.05. The summed E-state index contributed by atoms with van der Waals surface area (Å²) in [7, 11) is 0. The van der Waals surface area contributed by atoms with Gasteiger partial charge in [-0.25, -0.2) is 4.98 Å². The fourth-order valence-corrected chi connectivity index (χ4v) is 4.01. The van der Waals surface area contributed by atoms with Gasteiger partial charge in [0, 0.05) is 14.9 Å². The number of aromatic nitrogens is 1. The largest absolute Gasteiger partial charge is 0.417 e. The van der Waals surface area contributed by atoms with E-state index in [2.05, 4.69) is 20.9 Å². The van der Waals surface area contributed by atoms with Crippen molar-refractivity contribution in [1.82, 2.24) is 4.98 Å². The predicted octanol–water partition coefficient (Wildman–Crippen LogP) is 4.96. The molecule has 1 aromatic heterocycles. The van der Waals surface area contributed by atoms with Gasteiger partial charge >= 0.3 is 6.18 Å². The standard InChI is InChI=1S/C14H11BrF3NOS/c15-7-4-5-8(9(6-7)14(16,17)18)13-19-12-10(20)2-1-3-11(12)21-13/h4-6,10,20H,1-3H2. The van der Waals surface area contributed by atoms with Gasteiger partial charge in [-0.1, -0.05) is 22.0 Å². The molecule has 0 bridgehead atoms. The number of aryl methyl sites for hydroxylation is 1. The zero-order valence-electron chi connectivity index (χ0n) is 10.7. The van der Waals surface area contributed by atoms with Crippen molar-refractivity contribution in [2.45, 2.75) is 31.5 Å². The SMILES string of the molecule is OC1CCCc2sc(-c3ccc(Br)cc3C(F)(F)F)nc21. The van der Waals surface area contributed by atoms with Crippen molar-refractivity contribution < 1.29 is 18.3 Å². The Balaban J connectivity index is 2.13. The molecule has 1 aromatic carbocycles. The highest BCUT2D eigenvalue weighted by Gasteiger charge is 2.35. The first kappa shape index (κ1) is 15.0. The molecule has 0 amide bonds. The van der Waals surface area contributed by atoms with Crippen molar-refractivity contribution in [3.05, 3.63) is 38.8 Å². The fraction of sp³-hybridized carbons (Fsp3) is 0.357. The van der Waals surface area contributed by atoms with Gasteiger partial charge in [-0.05, 0) is 31.4 Å². The van der Waals surface area contributed by atoms with E-state index < -0.39 is 17.8 Å². The lowest BCUT2D eigenvalue weighted by atomic mass is 10.0. The van der Waals surface area contributed by atoms with Crippen molar-refractivity contribution in [2.75, 3.05) is 0 Å². The lowest BCUT2D eigenvalue weighted by Gasteiger charge is -2.14. The monoisotopic (exact) mass is 377 g/mol. The van der Waals surface area contributed by atoms with Gasteiger partial charge in [-0.3, -0.25) is 0 Å². The highest BCUT2D eigenvalue weighted by molar-refractivity contribution is 9.10. The van der Waals surface area contributed by atoms with Crippen LogP contribution in [0.1, 0.15) is 35.1 Å². The van der Waals surface area contributed by atoms with Crippen LogP contribution in [0.2, 0.25) is 0 Å². The molecule has 1 N–H and O–H groups in total. The van der Waals surface area contributed by atoms with Crippen LogP contribution >= 0.6 is 27.3 Å². The Morgan fingerprint density at radius 3 is 2.76 bits per heavy atom. The van der Waals surface area contributed by atoms with Crippen LogP contribution in [0.5, 0.6) is 0 Å². The highest BCUT2D eigenvalue weighted by atomic mass is 79.9. The quantitative estimate of drug-likeness (QED) is 0.761. The molecule has 7 heteroatoms. The number of rotatable bonds is 1. The molecule has 2 aromatic rings. The molecule has 1 atom stereocenters. The van der Waals surface area contributed by atoms with E-state index >= 15 is 0 Å². The maximum absolute atomic E-state index is 13.2. The van der Waals surface area contributed by atoms with Gasteiger partial charge in [0.15, 0.2) is 0 Å². The van der Waals surface area contributed by atoms with Crippen molar-refractivity contribution in [2.24, 2.45) is 0 Å². The molecule has 1 unspecified atom stereocenters. The topological polar surface area (TPSA) is 33.1 Å². The number of thiazole rings is 1. The Morgan fingerprint density at radius 2 is 2.10 bits per heavy atom. The Morgan fingerprint density at radius 1 is 1.33 bits per heavy atom. The Bertz CT molecular complexity index is 683. The molecule has 0 radical (unpaired) electrons. The van der Waals surface area contributed by atoms with E-state index in [-0.39, 0.29) is 5.56 Å². The second-order valence-corrected chi connectivity index (χ2v) is 6.92. The van der Waals surface area contributed by atoms with E-state index in [1.807, 2.05) is 0 Å². The Kier molecular flexibility index (Phi) is 3.83. The molecule has 1 aliphatic rings. The van der Waals surface area contributed by atoms with E-state index in [0.717, 1.165) is 23.8 Å². The first-order chi connectivity index (χ1) is 9.86. The number of nitrogens with zero attached hydrogens (tertiary/aromatic N) is 1. The maximum Gasteiger partial charge on any atom is 0.417 e. The third-order valence-corrected chi connectivity index (χ3v) is 5.10. The third-order valence-electron chi connectivity index (χ3n) is 3.44. The van der Waals surface area contributed by atoms with Crippen molar-refractivity contribution in [3.8, 4) is 10.6 Å². The maximum atomic E-state index is 13.2. The summed E-state index contributed by atoms with van der Waals surface area (Å²) in [5.41, 5.74) is -0.105. The van der Waals surface area contributed by atoms with Gasteiger partial charge in [0.25, 0.3) is 0 Å². The molecule has 0 spiro atoms. The molecule has 0 saturated carbocycles. The molecular formula is C14H11BrF3NOS. The first-order valence-corrected chi connectivity index (χ1v) is 8.02. The number of halogens is 4. The van der Waals surface area contributed by atoms with Crippen molar-refractivity contribution >= 4 is 27.3 Å². The molecule has 0 saturated heterocycles. The number of benzene rings is 1. The Labute approximate surface area is 131 Å². The lowest BCUT2D eigenvalue weighted by molar-refractivity contribution is -0.137. The van der Waals surface area contributed by atoms with Gasteiger partial charge in [-0.2, -0.15) is 13.2 Å². The molecule has 1 heterocycles. The summed E-state index contributed by atoms with van der Waals surface area (Å²) >= 11 is 4.31. The van der Waals surface area contributed by atoms with Gasteiger partial charge in [0.2, 0.25) is 0 Å². The summed E-state index contributed by atoms with van der Waals surface area (Å²) in [4.78, 5) is 5.15. The van der Waals surface area contributed by atoms with Gasteiger partial charge in [0.1, 0.15) is 5.01 Å². The summed E-state index contributed by atoms with van der Waals surface area (Å²) < 4.78 is 39.9. The predicted molar refractivity (Wildman–Crippen MR) is 78.1 cm³/mol. The lowest BCUT2D eigenvalue weighted by Crippen LogP contribution is -2.08. The van der Waals surface area contributed by atoms with Crippen molar-refractivity contribution in [3.63, 3.8) is 0 Å². The summed E-state index contributed by atoms with van der Waals surface area (Å²) in [6.07, 6.45) is -2.89. The van der Waals surface area contributed by atoms with Crippen molar-refractivity contribution in [1.29, 1.82) is 0 Å². The summed E-state index contributed by atoms with van der Waals surface area (Å²) in [5, 5.41) is 10.2. The van der Waals surface area contributed by atoms with Crippen LogP contribution in [0.25, 0.3) is 10.6 Å². The van der Waals surface area contributed by atoms with E-state index in [1.54, 1.807) is 6.07 Å². The summed E-state index contributed by atoms with van der Waals surface area (Å²) in [6.45, 7) is 0.